The SMILES string of the molecule is CCCCCCCCCCCCOc1ccc(-c2ccc(CCCCCC(C)CC)cc2)cc1F. The van der Waals surface area contributed by atoms with Crippen molar-refractivity contribution in [3.63, 3.8) is 0 Å². The summed E-state index contributed by atoms with van der Waals surface area (Å²) in [4.78, 5) is 0. The minimum absolute atomic E-state index is 0.264. The average Bonchev–Trinajstić information content (AvgIpc) is 2.88. The zero-order valence-corrected chi connectivity index (χ0v) is 22.9. The van der Waals surface area contributed by atoms with Crippen molar-refractivity contribution in [3.05, 3.63) is 53.8 Å². The third kappa shape index (κ3) is 12.6. The second-order valence-electron chi connectivity index (χ2n) is 10.5. The van der Waals surface area contributed by atoms with Crippen molar-refractivity contribution in [1.82, 2.24) is 0 Å². The predicted molar refractivity (Wildman–Crippen MR) is 151 cm³/mol. The van der Waals surface area contributed by atoms with Crippen LogP contribution in [0, 0.1) is 11.7 Å². The van der Waals surface area contributed by atoms with E-state index in [4.69, 9.17) is 4.74 Å². The molecule has 0 aliphatic rings. The summed E-state index contributed by atoms with van der Waals surface area (Å²) in [7, 11) is 0. The van der Waals surface area contributed by atoms with Gasteiger partial charge in [0, 0.05) is 0 Å². The Morgan fingerprint density at radius 1 is 0.686 bits per heavy atom. The highest BCUT2D eigenvalue weighted by molar-refractivity contribution is 5.64. The zero-order valence-electron chi connectivity index (χ0n) is 22.9. The topological polar surface area (TPSA) is 9.23 Å². The van der Waals surface area contributed by atoms with Crippen molar-refractivity contribution in [3.8, 4) is 16.9 Å². The Hall–Kier alpha value is -1.83. The van der Waals surface area contributed by atoms with Crippen LogP contribution in [0.25, 0.3) is 11.1 Å². The molecular formula is C33H51FO. The fraction of sp³-hybridized carbons (Fsp3) is 0.636. The van der Waals surface area contributed by atoms with Gasteiger partial charge in [0.1, 0.15) is 0 Å². The molecule has 2 aromatic rings. The van der Waals surface area contributed by atoms with Gasteiger partial charge in [0.15, 0.2) is 11.6 Å². The van der Waals surface area contributed by atoms with Crippen LogP contribution >= 0.6 is 0 Å². The number of hydrogen-bond donors (Lipinski definition) is 0. The molecule has 0 radical (unpaired) electrons. The van der Waals surface area contributed by atoms with Gasteiger partial charge in [0.25, 0.3) is 0 Å². The maximum Gasteiger partial charge on any atom is 0.165 e. The number of ether oxygens (including phenoxy) is 1. The summed E-state index contributed by atoms with van der Waals surface area (Å²) >= 11 is 0. The lowest BCUT2D eigenvalue weighted by atomic mass is 9.98. The molecule has 0 fully saturated rings. The van der Waals surface area contributed by atoms with Gasteiger partial charge >= 0.3 is 0 Å². The smallest absolute Gasteiger partial charge is 0.165 e. The van der Waals surface area contributed by atoms with Gasteiger partial charge in [0.05, 0.1) is 6.61 Å². The zero-order chi connectivity index (χ0) is 25.1. The molecule has 0 bridgehead atoms. The predicted octanol–water partition coefficient (Wildman–Crippen LogP) is 10.9. The molecule has 0 aliphatic carbocycles. The fourth-order valence-electron chi connectivity index (χ4n) is 4.64. The summed E-state index contributed by atoms with van der Waals surface area (Å²) in [5, 5.41) is 0. The van der Waals surface area contributed by atoms with E-state index in [1.807, 2.05) is 6.07 Å². The Kier molecular flexibility index (Phi) is 15.5. The molecule has 1 nitrogen and oxygen atoms in total. The molecule has 1 unspecified atom stereocenters. The average molecular weight is 483 g/mol. The van der Waals surface area contributed by atoms with Crippen LogP contribution in [0.3, 0.4) is 0 Å². The van der Waals surface area contributed by atoms with Crippen LogP contribution in [0.5, 0.6) is 5.75 Å². The lowest BCUT2D eigenvalue weighted by Crippen LogP contribution is -1.99. The van der Waals surface area contributed by atoms with Crippen molar-refractivity contribution in [2.75, 3.05) is 6.61 Å². The van der Waals surface area contributed by atoms with Gasteiger partial charge in [-0.05, 0) is 54.0 Å². The van der Waals surface area contributed by atoms with Crippen molar-refractivity contribution in [2.45, 2.75) is 124 Å². The second-order valence-corrected chi connectivity index (χ2v) is 10.5. The van der Waals surface area contributed by atoms with Crippen molar-refractivity contribution in [1.29, 1.82) is 0 Å². The summed E-state index contributed by atoms with van der Waals surface area (Å²) in [5.41, 5.74) is 3.34. The number of rotatable bonds is 20. The molecule has 2 rings (SSSR count). The van der Waals surface area contributed by atoms with Crippen LogP contribution in [0.4, 0.5) is 4.39 Å². The molecular weight excluding hydrogens is 431 g/mol. The molecule has 0 saturated carbocycles. The van der Waals surface area contributed by atoms with E-state index in [1.165, 1.54) is 95.5 Å². The van der Waals surface area contributed by atoms with Crippen LogP contribution in [-0.4, -0.2) is 6.61 Å². The van der Waals surface area contributed by atoms with E-state index >= 15 is 0 Å². The van der Waals surface area contributed by atoms with Gasteiger partial charge in [-0.15, -0.1) is 0 Å². The lowest BCUT2D eigenvalue weighted by Gasteiger charge is -2.10. The normalized spacial score (nSPS) is 12.1. The first kappa shape index (κ1) is 29.4. The molecule has 0 amide bonds. The van der Waals surface area contributed by atoms with Crippen LogP contribution < -0.4 is 4.74 Å². The second kappa shape index (κ2) is 18.4. The maximum absolute atomic E-state index is 14.6. The highest BCUT2D eigenvalue weighted by atomic mass is 19.1. The molecule has 2 heteroatoms. The van der Waals surface area contributed by atoms with Crippen LogP contribution in [0.1, 0.15) is 123 Å². The molecule has 2 aromatic carbocycles. The number of halogens is 1. The molecule has 0 heterocycles. The summed E-state index contributed by atoms with van der Waals surface area (Å²) in [6.07, 6.45) is 20.6. The Bertz CT molecular complexity index is 782. The highest BCUT2D eigenvalue weighted by Crippen LogP contribution is 2.26. The summed E-state index contributed by atoms with van der Waals surface area (Å²) < 4.78 is 20.3. The van der Waals surface area contributed by atoms with E-state index in [-0.39, 0.29) is 5.82 Å². The molecule has 0 spiro atoms. The van der Waals surface area contributed by atoms with Crippen molar-refractivity contribution in [2.24, 2.45) is 5.92 Å². The van der Waals surface area contributed by atoms with Gasteiger partial charge in [-0.3, -0.25) is 0 Å². The van der Waals surface area contributed by atoms with Crippen molar-refractivity contribution >= 4 is 0 Å². The Morgan fingerprint density at radius 3 is 1.91 bits per heavy atom. The third-order valence-electron chi connectivity index (χ3n) is 7.33. The number of hydrogen-bond acceptors (Lipinski definition) is 1. The van der Waals surface area contributed by atoms with E-state index in [1.54, 1.807) is 12.1 Å². The van der Waals surface area contributed by atoms with Gasteiger partial charge in [-0.2, -0.15) is 0 Å². The highest BCUT2D eigenvalue weighted by Gasteiger charge is 2.07. The summed E-state index contributed by atoms with van der Waals surface area (Å²) in [6, 6.07) is 14.0. The van der Waals surface area contributed by atoms with Crippen LogP contribution in [0.2, 0.25) is 0 Å². The van der Waals surface area contributed by atoms with Crippen molar-refractivity contribution < 1.29 is 9.13 Å². The lowest BCUT2D eigenvalue weighted by molar-refractivity contribution is 0.290. The molecule has 1 atom stereocenters. The number of benzene rings is 2. The van der Waals surface area contributed by atoms with Crippen LogP contribution in [0.15, 0.2) is 42.5 Å². The van der Waals surface area contributed by atoms with E-state index < -0.39 is 0 Å². The maximum atomic E-state index is 14.6. The van der Waals surface area contributed by atoms with Crippen LogP contribution in [-0.2, 0) is 6.42 Å². The Labute approximate surface area is 215 Å². The molecule has 0 aromatic heterocycles. The van der Waals surface area contributed by atoms with E-state index in [0.717, 1.165) is 29.9 Å². The minimum Gasteiger partial charge on any atom is -0.491 e. The fourth-order valence-corrected chi connectivity index (χ4v) is 4.64. The van der Waals surface area contributed by atoms with Gasteiger partial charge in [0.2, 0.25) is 0 Å². The molecule has 0 saturated heterocycles. The minimum atomic E-state index is -0.264. The van der Waals surface area contributed by atoms with E-state index in [9.17, 15) is 4.39 Å². The quantitative estimate of drug-likeness (QED) is 0.170. The largest absolute Gasteiger partial charge is 0.491 e. The Morgan fingerprint density at radius 2 is 1.29 bits per heavy atom. The standard InChI is InChI=1S/C33H51FO/c1-4-6-7-8-9-10-11-12-13-17-26-35-33-25-24-31(27-32(33)34)30-22-20-29(21-23-30)19-16-14-15-18-28(3)5-2/h20-25,27-28H,4-19,26H2,1-3H3. The van der Waals surface area contributed by atoms with Gasteiger partial charge in [-0.25, -0.2) is 4.39 Å². The summed E-state index contributed by atoms with van der Waals surface area (Å²) in [5.74, 6) is 0.963. The summed E-state index contributed by atoms with van der Waals surface area (Å²) in [6.45, 7) is 7.48. The number of aryl methyl sites for hydroxylation is 1. The molecule has 0 N–H and O–H groups in total. The van der Waals surface area contributed by atoms with Gasteiger partial charge < -0.3 is 4.74 Å². The monoisotopic (exact) mass is 482 g/mol. The van der Waals surface area contributed by atoms with Gasteiger partial charge in [-0.1, -0.05) is 135 Å². The molecule has 0 aliphatic heterocycles. The first-order valence-corrected chi connectivity index (χ1v) is 14.7. The van der Waals surface area contributed by atoms with E-state index in [2.05, 4.69) is 45.0 Å². The Balaban J connectivity index is 1.64. The first-order chi connectivity index (χ1) is 17.1. The van der Waals surface area contributed by atoms with E-state index in [0.29, 0.717) is 12.4 Å². The number of unbranched alkanes of at least 4 members (excludes halogenated alkanes) is 11. The first-order valence-electron chi connectivity index (χ1n) is 14.7. The molecule has 196 valence electrons. The third-order valence-corrected chi connectivity index (χ3v) is 7.33. The molecule has 35 heavy (non-hydrogen) atoms.